The number of carbonyl (C=O) groups is 1. The molecule has 142 valence electrons. The van der Waals surface area contributed by atoms with E-state index in [0.29, 0.717) is 11.5 Å². The molecule has 6 heteroatoms. The molecule has 2 N–H and O–H groups in total. The number of rotatable bonds is 6. The van der Waals surface area contributed by atoms with Crippen LogP contribution in [0.2, 0.25) is 0 Å². The number of amides is 1. The van der Waals surface area contributed by atoms with Gasteiger partial charge in [-0.1, -0.05) is 6.92 Å². The monoisotopic (exact) mass is 374 g/mol. The van der Waals surface area contributed by atoms with Gasteiger partial charge in [0, 0.05) is 37.4 Å². The standard InChI is InChI=1S/C20H30N4OS/c1-16-5-2-12-23(15-16)13-4-11-21-20(26)22-17-7-9-18(10-8-17)24-14-3-6-19(24)25/h7-10,16H,2-6,11-15H2,1H3,(H2,21,22,26)/t16-/m0/s1. The van der Waals surface area contributed by atoms with Crippen LogP contribution < -0.4 is 15.5 Å². The molecule has 0 spiro atoms. The third-order valence-electron chi connectivity index (χ3n) is 5.19. The second kappa shape index (κ2) is 9.33. The molecule has 1 amide bonds. The van der Waals surface area contributed by atoms with Gasteiger partial charge < -0.3 is 20.4 Å². The number of nitrogens with zero attached hydrogens (tertiary/aromatic N) is 2. The second-order valence-electron chi connectivity index (χ2n) is 7.48. The molecule has 5 nitrogen and oxygen atoms in total. The van der Waals surface area contributed by atoms with E-state index < -0.39 is 0 Å². The number of hydrogen-bond acceptors (Lipinski definition) is 3. The van der Waals surface area contributed by atoms with E-state index in [4.69, 9.17) is 12.2 Å². The summed E-state index contributed by atoms with van der Waals surface area (Å²) in [6.07, 6.45) is 5.40. The lowest BCUT2D eigenvalue weighted by Gasteiger charge is -2.30. The third kappa shape index (κ3) is 5.42. The highest BCUT2D eigenvalue weighted by atomic mass is 32.1. The van der Waals surface area contributed by atoms with Gasteiger partial charge >= 0.3 is 0 Å². The van der Waals surface area contributed by atoms with Crippen molar-refractivity contribution in [3.63, 3.8) is 0 Å². The molecule has 3 rings (SSSR count). The molecule has 0 bridgehead atoms. The van der Waals surface area contributed by atoms with Crippen LogP contribution in [0.25, 0.3) is 0 Å². The largest absolute Gasteiger partial charge is 0.362 e. The lowest BCUT2D eigenvalue weighted by molar-refractivity contribution is -0.117. The van der Waals surface area contributed by atoms with Crippen LogP contribution in [0.1, 0.15) is 39.0 Å². The van der Waals surface area contributed by atoms with Crippen LogP contribution in [-0.4, -0.2) is 48.6 Å². The molecular formula is C20H30N4OS. The van der Waals surface area contributed by atoms with Gasteiger partial charge in [0.05, 0.1) is 0 Å². The van der Waals surface area contributed by atoms with Gasteiger partial charge in [0.15, 0.2) is 5.11 Å². The Kier molecular flexibility index (Phi) is 6.86. The Labute approximate surface area is 162 Å². The maximum absolute atomic E-state index is 11.8. The molecule has 1 atom stereocenters. The number of benzene rings is 1. The summed E-state index contributed by atoms with van der Waals surface area (Å²) < 4.78 is 0. The van der Waals surface area contributed by atoms with Gasteiger partial charge in [-0.05, 0) is 81.2 Å². The topological polar surface area (TPSA) is 47.6 Å². The molecule has 2 aliphatic heterocycles. The van der Waals surface area contributed by atoms with E-state index in [-0.39, 0.29) is 5.91 Å². The van der Waals surface area contributed by atoms with Crippen molar-refractivity contribution < 1.29 is 4.79 Å². The quantitative estimate of drug-likeness (QED) is 0.591. The lowest BCUT2D eigenvalue weighted by Crippen LogP contribution is -2.37. The van der Waals surface area contributed by atoms with Gasteiger partial charge in [-0.3, -0.25) is 4.79 Å². The zero-order valence-corrected chi connectivity index (χ0v) is 16.5. The Hall–Kier alpha value is -1.66. The van der Waals surface area contributed by atoms with E-state index in [0.717, 1.165) is 49.8 Å². The number of likely N-dealkylation sites (tertiary alicyclic amines) is 1. The Morgan fingerprint density at radius 2 is 2.04 bits per heavy atom. The van der Waals surface area contributed by atoms with Crippen molar-refractivity contribution in [3.8, 4) is 0 Å². The Balaban J connectivity index is 1.36. The number of nitrogens with one attached hydrogen (secondary N) is 2. The van der Waals surface area contributed by atoms with Crippen molar-refractivity contribution in [1.29, 1.82) is 0 Å². The van der Waals surface area contributed by atoms with Crippen molar-refractivity contribution in [2.75, 3.05) is 42.9 Å². The number of thiocarbonyl (C=S) groups is 1. The molecule has 0 unspecified atom stereocenters. The first-order valence-electron chi connectivity index (χ1n) is 9.79. The summed E-state index contributed by atoms with van der Waals surface area (Å²) in [7, 11) is 0. The maximum atomic E-state index is 11.8. The summed E-state index contributed by atoms with van der Waals surface area (Å²) in [5.74, 6) is 1.05. The van der Waals surface area contributed by atoms with Gasteiger partial charge in [0.2, 0.25) is 5.91 Å². The van der Waals surface area contributed by atoms with Crippen LogP contribution in [-0.2, 0) is 4.79 Å². The summed E-state index contributed by atoms with van der Waals surface area (Å²) in [5.41, 5.74) is 1.91. The molecule has 0 radical (unpaired) electrons. The first-order valence-corrected chi connectivity index (χ1v) is 10.2. The van der Waals surface area contributed by atoms with E-state index in [9.17, 15) is 4.79 Å². The molecule has 2 heterocycles. The zero-order chi connectivity index (χ0) is 18.4. The molecule has 26 heavy (non-hydrogen) atoms. The fourth-order valence-corrected chi connectivity index (χ4v) is 4.04. The molecule has 0 aliphatic carbocycles. The number of piperidine rings is 1. The molecule has 2 aliphatic rings. The van der Waals surface area contributed by atoms with Gasteiger partial charge in [0.1, 0.15) is 0 Å². The van der Waals surface area contributed by atoms with Gasteiger partial charge in [-0.25, -0.2) is 0 Å². The minimum Gasteiger partial charge on any atom is -0.362 e. The maximum Gasteiger partial charge on any atom is 0.227 e. The summed E-state index contributed by atoms with van der Waals surface area (Å²) in [5, 5.41) is 7.16. The molecule has 1 aromatic rings. The highest BCUT2D eigenvalue weighted by Crippen LogP contribution is 2.23. The first-order chi connectivity index (χ1) is 12.6. The fourth-order valence-electron chi connectivity index (χ4n) is 3.82. The van der Waals surface area contributed by atoms with Crippen molar-refractivity contribution in [3.05, 3.63) is 24.3 Å². The average molecular weight is 375 g/mol. The molecule has 0 aromatic heterocycles. The Bertz CT molecular complexity index is 619. The van der Waals surface area contributed by atoms with Crippen molar-refractivity contribution >= 4 is 34.6 Å². The predicted molar refractivity (Wildman–Crippen MR) is 112 cm³/mol. The normalized spacial score (nSPS) is 21.0. The summed E-state index contributed by atoms with van der Waals surface area (Å²) in [4.78, 5) is 16.2. The van der Waals surface area contributed by atoms with Crippen LogP contribution in [0.3, 0.4) is 0 Å². The van der Waals surface area contributed by atoms with Gasteiger partial charge in [0.25, 0.3) is 0 Å². The van der Waals surface area contributed by atoms with Crippen LogP contribution in [0, 0.1) is 5.92 Å². The van der Waals surface area contributed by atoms with Gasteiger partial charge in [-0.2, -0.15) is 0 Å². The number of hydrogen-bond donors (Lipinski definition) is 2. The van der Waals surface area contributed by atoms with Crippen LogP contribution >= 0.6 is 12.2 Å². The Morgan fingerprint density at radius 1 is 1.23 bits per heavy atom. The molecular weight excluding hydrogens is 344 g/mol. The molecule has 1 aromatic carbocycles. The minimum absolute atomic E-state index is 0.214. The van der Waals surface area contributed by atoms with E-state index in [2.05, 4.69) is 22.5 Å². The van der Waals surface area contributed by atoms with Crippen LogP contribution in [0.15, 0.2) is 24.3 Å². The van der Waals surface area contributed by atoms with Crippen molar-refractivity contribution in [1.82, 2.24) is 10.2 Å². The fraction of sp³-hybridized carbons (Fsp3) is 0.600. The third-order valence-corrected chi connectivity index (χ3v) is 5.43. The lowest BCUT2D eigenvalue weighted by atomic mass is 10.0. The van der Waals surface area contributed by atoms with Crippen LogP contribution in [0.4, 0.5) is 11.4 Å². The zero-order valence-electron chi connectivity index (χ0n) is 15.7. The van der Waals surface area contributed by atoms with Crippen molar-refractivity contribution in [2.24, 2.45) is 5.92 Å². The summed E-state index contributed by atoms with van der Waals surface area (Å²) in [6, 6.07) is 7.91. The predicted octanol–water partition coefficient (Wildman–Crippen LogP) is 3.22. The molecule has 2 fully saturated rings. The minimum atomic E-state index is 0.214. The van der Waals surface area contributed by atoms with E-state index in [1.807, 2.05) is 29.2 Å². The van der Waals surface area contributed by atoms with E-state index in [1.54, 1.807) is 0 Å². The van der Waals surface area contributed by atoms with E-state index >= 15 is 0 Å². The number of anilines is 2. The average Bonchev–Trinajstić information content (AvgIpc) is 3.05. The van der Waals surface area contributed by atoms with Gasteiger partial charge in [-0.15, -0.1) is 0 Å². The summed E-state index contributed by atoms with van der Waals surface area (Å²) >= 11 is 5.38. The first kappa shape index (κ1) is 19.1. The van der Waals surface area contributed by atoms with E-state index in [1.165, 1.54) is 25.9 Å². The highest BCUT2D eigenvalue weighted by molar-refractivity contribution is 7.80. The second-order valence-corrected chi connectivity index (χ2v) is 7.89. The highest BCUT2D eigenvalue weighted by Gasteiger charge is 2.21. The van der Waals surface area contributed by atoms with Crippen molar-refractivity contribution in [2.45, 2.75) is 39.0 Å². The molecule has 2 saturated heterocycles. The van der Waals surface area contributed by atoms with Crippen LogP contribution in [0.5, 0.6) is 0 Å². The smallest absolute Gasteiger partial charge is 0.227 e. The molecule has 0 saturated carbocycles. The summed E-state index contributed by atoms with van der Waals surface area (Å²) in [6.45, 7) is 7.65. The SMILES string of the molecule is C[C@H]1CCCN(CCCNC(=S)Nc2ccc(N3CCCC3=O)cc2)C1. The number of carbonyl (C=O) groups excluding carboxylic acids is 1. The Morgan fingerprint density at radius 3 is 2.73 bits per heavy atom.